The summed E-state index contributed by atoms with van der Waals surface area (Å²) in [6.45, 7) is 2.25. The van der Waals surface area contributed by atoms with Gasteiger partial charge in [0, 0.05) is 30.4 Å². The average molecular weight is 270 g/mol. The van der Waals surface area contributed by atoms with Crippen molar-refractivity contribution in [3.05, 3.63) is 23.0 Å². The highest BCUT2D eigenvalue weighted by Gasteiger charge is 2.52. The molecule has 0 spiro atoms. The summed E-state index contributed by atoms with van der Waals surface area (Å²) in [6.07, 6.45) is 10.3. The summed E-state index contributed by atoms with van der Waals surface area (Å²) < 4.78 is 2.58. The molecule has 1 N–H and O–H groups in total. The van der Waals surface area contributed by atoms with Crippen LogP contribution in [0.4, 0.5) is 0 Å². The van der Waals surface area contributed by atoms with Gasteiger partial charge in [0.2, 0.25) is 0 Å². The number of rotatable bonds is 1. The Hall–Kier alpha value is -0.760. The van der Waals surface area contributed by atoms with Crippen molar-refractivity contribution in [2.45, 2.75) is 56.9 Å². The molecule has 2 nitrogen and oxygen atoms in total. The normalized spacial score (nSPS) is 42.0. The van der Waals surface area contributed by atoms with Gasteiger partial charge >= 0.3 is 0 Å². The van der Waals surface area contributed by atoms with Crippen molar-refractivity contribution < 1.29 is 0 Å². The summed E-state index contributed by atoms with van der Waals surface area (Å²) in [6, 6.07) is 2.60. The second-order valence-electron chi connectivity index (χ2n) is 8.19. The van der Waals surface area contributed by atoms with Gasteiger partial charge in [-0.15, -0.1) is 0 Å². The molecule has 5 aliphatic rings. The standard InChI is InChI=1S/C18H26N2/c1-20-16-11-19-3-2-15(16)7-17(20)18-8-12-4-13(9-18)6-14(5-12)10-18/h7,12-14,19H,2-6,8-11H2,1H3. The molecule has 0 aromatic carbocycles. The first kappa shape index (κ1) is 11.9. The Labute approximate surface area is 121 Å². The third kappa shape index (κ3) is 1.49. The number of nitrogens with zero attached hydrogens (tertiary/aromatic N) is 1. The Morgan fingerprint density at radius 1 is 1.10 bits per heavy atom. The van der Waals surface area contributed by atoms with E-state index >= 15 is 0 Å². The quantitative estimate of drug-likeness (QED) is 0.829. The van der Waals surface area contributed by atoms with Gasteiger partial charge in [0.25, 0.3) is 0 Å². The summed E-state index contributed by atoms with van der Waals surface area (Å²) in [4.78, 5) is 0. The number of hydrogen-bond donors (Lipinski definition) is 1. The molecule has 0 saturated heterocycles. The first-order valence-electron chi connectivity index (χ1n) is 8.62. The average Bonchev–Trinajstić information content (AvgIpc) is 2.76. The predicted molar refractivity (Wildman–Crippen MR) is 80.7 cm³/mol. The Balaban J connectivity index is 1.61. The van der Waals surface area contributed by atoms with Crippen LogP contribution < -0.4 is 5.32 Å². The van der Waals surface area contributed by atoms with Crippen LogP contribution in [0, 0.1) is 17.8 Å². The second-order valence-corrected chi connectivity index (χ2v) is 8.19. The lowest BCUT2D eigenvalue weighted by atomic mass is 9.49. The number of fused-ring (bicyclic) bond motifs is 1. The lowest BCUT2D eigenvalue weighted by molar-refractivity contribution is -0.00851. The van der Waals surface area contributed by atoms with Crippen molar-refractivity contribution in [3.63, 3.8) is 0 Å². The van der Waals surface area contributed by atoms with Gasteiger partial charge in [0.15, 0.2) is 0 Å². The van der Waals surface area contributed by atoms with Crippen LogP contribution in [0.3, 0.4) is 0 Å². The molecule has 4 fully saturated rings. The van der Waals surface area contributed by atoms with Crippen LogP contribution in [-0.2, 0) is 25.4 Å². The highest BCUT2D eigenvalue weighted by Crippen LogP contribution is 2.60. The number of hydrogen-bond acceptors (Lipinski definition) is 1. The van der Waals surface area contributed by atoms with Gasteiger partial charge in [-0.05, 0) is 80.9 Å². The van der Waals surface area contributed by atoms with Gasteiger partial charge in [-0.25, -0.2) is 0 Å². The smallest absolute Gasteiger partial charge is 0.0362 e. The molecule has 0 atom stereocenters. The Morgan fingerprint density at radius 2 is 1.75 bits per heavy atom. The van der Waals surface area contributed by atoms with Gasteiger partial charge in [0.05, 0.1) is 0 Å². The first-order chi connectivity index (χ1) is 9.73. The Kier molecular flexibility index (Phi) is 2.32. The second kappa shape index (κ2) is 3.91. The molecule has 1 aromatic heterocycles. The molecule has 0 unspecified atom stereocenters. The van der Waals surface area contributed by atoms with Gasteiger partial charge in [0.1, 0.15) is 0 Å². The van der Waals surface area contributed by atoms with E-state index in [1.165, 1.54) is 25.7 Å². The Morgan fingerprint density at radius 3 is 2.35 bits per heavy atom. The highest BCUT2D eigenvalue weighted by atomic mass is 15.0. The van der Waals surface area contributed by atoms with Crippen molar-refractivity contribution in [3.8, 4) is 0 Å². The maximum atomic E-state index is 3.55. The minimum Gasteiger partial charge on any atom is -0.350 e. The van der Waals surface area contributed by atoms with Crippen LogP contribution in [0.25, 0.3) is 0 Å². The van der Waals surface area contributed by atoms with Crippen molar-refractivity contribution in [1.29, 1.82) is 0 Å². The molecule has 2 heterocycles. The largest absolute Gasteiger partial charge is 0.350 e. The molecular weight excluding hydrogens is 244 g/mol. The monoisotopic (exact) mass is 270 g/mol. The molecule has 1 aliphatic heterocycles. The molecule has 20 heavy (non-hydrogen) atoms. The molecule has 0 radical (unpaired) electrons. The first-order valence-corrected chi connectivity index (χ1v) is 8.62. The molecule has 108 valence electrons. The molecule has 1 aromatic rings. The van der Waals surface area contributed by atoms with Crippen molar-refractivity contribution in [2.75, 3.05) is 6.54 Å². The lowest BCUT2D eigenvalue weighted by Crippen LogP contribution is -2.49. The van der Waals surface area contributed by atoms with Gasteiger partial charge in [-0.1, -0.05) is 0 Å². The number of nitrogens with one attached hydrogen (secondary N) is 1. The van der Waals surface area contributed by atoms with Gasteiger partial charge in [-0.3, -0.25) is 0 Å². The zero-order valence-electron chi connectivity index (χ0n) is 12.6. The fourth-order valence-corrected chi connectivity index (χ4v) is 6.52. The molecule has 0 amide bonds. The van der Waals surface area contributed by atoms with Crippen molar-refractivity contribution >= 4 is 0 Å². The van der Waals surface area contributed by atoms with E-state index in [1.807, 2.05) is 0 Å². The summed E-state index contributed by atoms with van der Waals surface area (Å²) in [5.74, 6) is 3.14. The van der Waals surface area contributed by atoms with E-state index in [-0.39, 0.29) is 0 Å². The zero-order chi connectivity index (χ0) is 13.3. The SMILES string of the molecule is Cn1c(C23CC4CC(CC(C4)C2)C3)cc2c1CNCC2. The summed E-state index contributed by atoms with van der Waals surface area (Å²) in [5, 5.41) is 3.55. The van der Waals surface area contributed by atoms with E-state index in [0.29, 0.717) is 5.41 Å². The predicted octanol–water partition coefficient (Wildman–Crippen LogP) is 3.14. The van der Waals surface area contributed by atoms with Crippen LogP contribution in [0.15, 0.2) is 6.07 Å². The van der Waals surface area contributed by atoms with E-state index in [0.717, 1.165) is 30.8 Å². The van der Waals surface area contributed by atoms with E-state index in [4.69, 9.17) is 0 Å². The van der Waals surface area contributed by atoms with E-state index < -0.39 is 0 Å². The summed E-state index contributed by atoms with van der Waals surface area (Å²) in [7, 11) is 2.33. The summed E-state index contributed by atoms with van der Waals surface area (Å²) in [5.41, 5.74) is 5.46. The molecule has 6 rings (SSSR count). The van der Waals surface area contributed by atoms with Gasteiger partial charge < -0.3 is 9.88 Å². The zero-order valence-corrected chi connectivity index (χ0v) is 12.6. The minimum absolute atomic E-state index is 0.556. The molecule has 2 heteroatoms. The fraction of sp³-hybridized carbons (Fsp3) is 0.778. The third-order valence-electron chi connectivity index (χ3n) is 6.89. The number of aromatic nitrogens is 1. The molecule has 4 saturated carbocycles. The minimum atomic E-state index is 0.556. The maximum Gasteiger partial charge on any atom is 0.0362 e. The van der Waals surface area contributed by atoms with E-state index in [9.17, 15) is 0 Å². The molecular formula is C18H26N2. The van der Waals surface area contributed by atoms with Gasteiger partial charge in [-0.2, -0.15) is 0 Å². The lowest BCUT2D eigenvalue weighted by Gasteiger charge is -2.57. The van der Waals surface area contributed by atoms with Crippen molar-refractivity contribution in [2.24, 2.45) is 24.8 Å². The van der Waals surface area contributed by atoms with Crippen LogP contribution in [0.2, 0.25) is 0 Å². The van der Waals surface area contributed by atoms with Crippen molar-refractivity contribution in [1.82, 2.24) is 9.88 Å². The Bertz CT molecular complexity index is 519. The van der Waals surface area contributed by atoms with Crippen LogP contribution in [0.5, 0.6) is 0 Å². The topological polar surface area (TPSA) is 17.0 Å². The van der Waals surface area contributed by atoms with Crippen LogP contribution >= 0.6 is 0 Å². The summed E-state index contributed by atoms with van der Waals surface area (Å²) >= 11 is 0. The molecule has 4 aliphatic carbocycles. The highest BCUT2D eigenvalue weighted by molar-refractivity contribution is 5.36. The van der Waals surface area contributed by atoms with E-state index in [1.54, 1.807) is 36.2 Å². The van der Waals surface area contributed by atoms with Crippen LogP contribution in [0.1, 0.15) is 55.5 Å². The third-order valence-corrected chi connectivity index (χ3v) is 6.89. The maximum absolute atomic E-state index is 3.55. The van der Waals surface area contributed by atoms with Crippen LogP contribution in [-0.4, -0.2) is 11.1 Å². The molecule has 4 bridgehead atoms. The van der Waals surface area contributed by atoms with E-state index in [2.05, 4.69) is 23.0 Å². The fourth-order valence-electron chi connectivity index (χ4n) is 6.52.